The highest BCUT2D eigenvalue weighted by Crippen LogP contribution is 2.20. The van der Waals surface area contributed by atoms with Crippen LogP contribution in [0.25, 0.3) is 0 Å². The zero-order valence-electron chi connectivity index (χ0n) is 16.6. The van der Waals surface area contributed by atoms with E-state index in [0.29, 0.717) is 28.1 Å². The third-order valence-electron chi connectivity index (χ3n) is 4.39. The van der Waals surface area contributed by atoms with Gasteiger partial charge in [0.2, 0.25) is 5.91 Å². The standard InChI is InChI=1S/C21H22ClN5O2S/c1-14(24-20(29)16-10-6-7-11-17(16)22)19-25-26-21(27(19)2)30-13-18(28)23-12-15-8-4-3-5-9-15/h3-11,14H,12-13H2,1-2H3,(H,23,28)(H,24,29)/t14-/m1/s1. The van der Waals surface area contributed by atoms with Crippen LogP contribution in [0.2, 0.25) is 5.02 Å². The van der Waals surface area contributed by atoms with Crippen molar-refractivity contribution in [2.75, 3.05) is 5.75 Å². The van der Waals surface area contributed by atoms with Crippen molar-refractivity contribution in [3.8, 4) is 0 Å². The molecule has 0 saturated heterocycles. The van der Waals surface area contributed by atoms with Gasteiger partial charge in [-0.05, 0) is 24.6 Å². The molecule has 9 heteroatoms. The van der Waals surface area contributed by atoms with E-state index >= 15 is 0 Å². The molecule has 0 spiro atoms. The van der Waals surface area contributed by atoms with Crippen LogP contribution in [-0.4, -0.2) is 32.3 Å². The van der Waals surface area contributed by atoms with E-state index in [-0.39, 0.29) is 23.6 Å². The molecule has 0 radical (unpaired) electrons. The minimum atomic E-state index is -0.382. The zero-order chi connectivity index (χ0) is 21.5. The quantitative estimate of drug-likeness (QED) is 0.521. The van der Waals surface area contributed by atoms with E-state index in [1.165, 1.54) is 11.8 Å². The summed E-state index contributed by atoms with van der Waals surface area (Å²) in [7, 11) is 1.80. The zero-order valence-corrected chi connectivity index (χ0v) is 18.2. The number of rotatable bonds is 8. The molecular formula is C21H22ClN5O2S. The summed E-state index contributed by atoms with van der Waals surface area (Å²) in [5.74, 6) is 0.431. The van der Waals surface area contributed by atoms with Crippen molar-refractivity contribution < 1.29 is 9.59 Å². The molecule has 2 N–H and O–H groups in total. The molecular weight excluding hydrogens is 422 g/mol. The van der Waals surface area contributed by atoms with Gasteiger partial charge >= 0.3 is 0 Å². The molecule has 1 heterocycles. The normalized spacial score (nSPS) is 11.7. The Labute approximate surface area is 184 Å². The van der Waals surface area contributed by atoms with Crippen LogP contribution in [0.5, 0.6) is 0 Å². The van der Waals surface area contributed by atoms with Gasteiger partial charge in [-0.25, -0.2) is 0 Å². The summed E-state index contributed by atoms with van der Waals surface area (Å²) in [4.78, 5) is 24.6. The van der Waals surface area contributed by atoms with Crippen LogP contribution >= 0.6 is 23.4 Å². The van der Waals surface area contributed by atoms with Gasteiger partial charge in [-0.15, -0.1) is 10.2 Å². The second kappa shape index (κ2) is 10.3. The molecule has 7 nitrogen and oxygen atoms in total. The predicted octanol–water partition coefficient (Wildman–Crippen LogP) is 3.37. The molecule has 2 aromatic carbocycles. The topological polar surface area (TPSA) is 88.9 Å². The first-order chi connectivity index (χ1) is 14.5. The van der Waals surface area contributed by atoms with Crippen molar-refractivity contribution in [1.82, 2.24) is 25.4 Å². The molecule has 0 aliphatic carbocycles. The van der Waals surface area contributed by atoms with Crippen molar-refractivity contribution in [3.05, 3.63) is 76.6 Å². The van der Waals surface area contributed by atoms with E-state index in [4.69, 9.17) is 11.6 Å². The van der Waals surface area contributed by atoms with Crippen LogP contribution in [-0.2, 0) is 18.4 Å². The molecule has 0 aliphatic heterocycles. The van der Waals surface area contributed by atoms with E-state index in [9.17, 15) is 9.59 Å². The lowest BCUT2D eigenvalue weighted by Gasteiger charge is -2.14. The maximum atomic E-state index is 12.5. The Morgan fingerprint density at radius 3 is 2.53 bits per heavy atom. The number of amides is 2. The van der Waals surface area contributed by atoms with Gasteiger partial charge in [0.1, 0.15) is 0 Å². The van der Waals surface area contributed by atoms with Crippen LogP contribution in [0.1, 0.15) is 34.7 Å². The maximum Gasteiger partial charge on any atom is 0.253 e. The SMILES string of the molecule is C[C@@H](NC(=O)c1ccccc1Cl)c1nnc(SCC(=O)NCc2ccccc2)n1C. The third-order valence-corrected chi connectivity index (χ3v) is 5.74. The van der Waals surface area contributed by atoms with Gasteiger partial charge in [0.15, 0.2) is 11.0 Å². The summed E-state index contributed by atoms with van der Waals surface area (Å²) in [6, 6.07) is 16.2. The summed E-state index contributed by atoms with van der Waals surface area (Å²) < 4.78 is 1.77. The van der Waals surface area contributed by atoms with Gasteiger partial charge in [-0.2, -0.15) is 0 Å². The van der Waals surface area contributed by atoms with Crippen LogP contribution in [0, 0.1) is 0 Å². The van der Waals surface area contributed by atoms with Crippen LogP contribution < -0.4 is 10.6 Å². The van der Waals surface area contributed by atoms with E-state index in [0.717, 1.165) is 5.56 Å². The first kappa shape index (κ1) is 21.9. The fourth-order valence-electron chi connectivity index (χ4n) is 2.79. The summed E-state index contributed by atoms with van der Waals surface area (Å²) in [6.07, 6.45) is 0. The predicted molar refractivity (Wildman–Crippen MR) is 117 cm³/mol. The summed E-state index contributed by atoms with van der Waals surface area (Å²) in [5.41, 5.74) is 1.44. The Kier molecular flexibility index (Phi) is 7.48. The molecule has 0 saturated carbocycles. The van der Waals surface area contributed by atoms with Gasteiger partial charge in [0, 0.05) is 13.6 Å². The number of benzene rings is 2. The number of thioether (sulfide) groups is 1. The second-order valence-electron chi connectivity index (χ2n) is 6.63. The fourth-order valence-corrected chi connectivity index (χ4v) is 3.76. The molecule has 1 atom stereocenters. The first-order valence-electron chi connectivity index (χ1n) is 9.34. The lowest BCUT2D eigenvalue weighted by molar-refractivity contribution is -0.118. The highest BCUT2D eigenvalue weighted by molar-refractivity contribution is 7.99. The molecule has 0 unspecified atom stereocenters. The Hall–Kier alpha value is -2.84. The van der Waals surface area contributed by atoms with Crippen molar-refractivity contribution in [2.45, 2.75) is 24.7 Å². The van der Waals surface area contributed by atoms with Crippen molar-refractivity contribution in [3.63, 3.8) is 0 Å². The lowest BCUT2D eigenvalue weighted by atomic mass is 10.2. The Morgan fingerprint density at radius 1 is 1.10 bits per heavy atom. The number of nitrogens with zero attached hydrogens (tertiary/aromatic N) is 3. The first-order valence-corrected chi connectivity index (χ1v) is 10.7. The number of hydrogen-bond donors (Lipinski definition) is 2. The Bertz CT molecular complexity index is 1030. The Balaban J connectivity index is 1.54. The second-order valence-corrected chi connectivity index (χ2v) is 7.98. The summed E-state index contributed by atoms with van der Waals surface area (Å²) >= 11 is 7.37. The minimum absolute atomic E-state index is 0.0894. The number of carbonyl (C=O) groups is 2. The maximum absolute atomic E-state index is 12.5. The smallest absolute Gasteiger partial charge is 0.253 e. The number of nitrogens with one attached hydrogen (secondary N) is 2. The van der Waals surface area contributed by atoms with Gasteiger partial charge < -0.3 is 15.2 Å². The van der Waals surface area contributed by atoms with Gasteiger partial charge in [0.25, 0.3) is 5.91 Å². The highest BCUT2D eigenvalue weighted by Gasteiger charge is 2.20. The number of halogens is 1. The number of carbonyl (C=O) groups excluding carboxylic acids is 2. The minimum Gasteiger partial charge on any atom is -0.351 e. The average Bonchev–Trinajstić information content (AvgIpc) is 3.12. The van der Waals surface area contributed by atoms with Crippen molar-refractivity contribution >= 4 is 35.2 Å². The summed E-state index contributed by atoms with van der Waals surface area (Å²) in [5, 5.41) is 15.1. The van der Waals surface area contributed by atoms with Gasteiger partial charge in [-0.1, -0.05) is 65.8 Å². The molecule has 2 amide bonds. The molecule has 3 rings (SSSR count). The summed E-state index contributed by atoms with van der Waals surface area (Å²) in [6.45, 7) is 2.30. The average molecular weight is 444 g/mol. The largest absolute Gasteiger partial charge is 0.351 e. The van der Waals surface area contributed by atoms with Crippen LogP contribution in [0.15, 0.2) is 59.8 Å². The van der Waals surface area contributed by atoms with E-state index in [1.54, 1.807) is 35.9 Å². The van der Waals surface area contributed by atoms with E-state index in [2.05, 4.69) is 20.8 Å². The van der Waals surface area contributed by atoms with E-state index in [1.807, 2.05) is 37.3 Å². The molecule has 1 aromatic heterocycles. The highest BCUT2D eigenvalue weighted by atomic mass is 35.5. The lowest BCUT2D eigenvalue weighted by Crippen LogP contribution is -2.28. The van der Waals surface area contributed by atoms with Crippen LogP contribution in [0.4, 0.5) is 0 Å². The van der Waals surface area contributed by atoms with E-state index < -0.39 is 0 Å². The van der Waals surface area contributed by atoms with Crippen molar-refractivity contribution in [1.29, 1.82) is 0 Å². The molecule has 156 valence electrons. The molecule has 0 fully saturated rings. The van der Waals surface area contributed by atoms with Crippen LogP contribution in [0.3, 0.4) is 0 Å². The molecule has 0 aliphatic rings. The monoisotopic (exact) mass is 443 g/mol. The molecule has 0 bridgehead atoms. The van der Waals surface area contributed by atoms with Gasteiger partial charge in [0.05, 0.1) is 22.4 Å². The number of hydrogen-bond acceptors (Lipinski definition) is 5. The fraction of sp³-hybridized carbons (Fsp3) is 0.238. The van der Waals surface area contributed by atoms with Crippen molar-refractivity contribution in [2.24, 2.45) is 7.05 Å². The Morgan fingerprint density at radius 2 is 1.80 bits per heavy atom. The number of aromatic nitrogens is 3. The third kappa shape index (κ3) is 5.61. The van der Waals surface area contributed by atoms with Gasteiger partial charge in [-0.3, -0.25) is 9.59 Å². The molecule has 30 heavy (non-hydrogen) atoms. The molecule has 3 aromatic rings.